The number of carbonyl (C=O) groups excluding carboxylic acids is 3. The van der Waals surface area contributed by atoms with Gasteiger partial charge in [0, 0.05) is 18.4 Å². The number of hydrogen-bond acceptors (Lipinski definition) is 4. The molecule has 3 aromatic rings. The van der Waals surface area contributed by atoms with Crippen molar-refractivity contribution in [3.05, 3.63) is 101 Å². The highest BCUT2D eigenvalue weighted by Crippen LogP contribution is 2.60. The van der Waals surface area contributed by atoms with Gasteiger partial charge in [0.1, 0.15) is 5.75 Å². The molecule has 7 rings (SSSR count). The zero-order valence-corrected chi connectivity index (χ0v) is 18.9. The molecule has 1 aliphatic heterocycles. The molecule has 34 heavy (non-hydrogen) atoms. The van der Waals surface area contributed by atoms with Gasteiger partial charge in [-0.15, -0.1) is 0 Å². The maximum Gasteiger partial charge on any atom is 0.312 e. The van der Waals surface area contributed by atoms with Crippen molar-refractivity contribution in [1.82, 2.24) is 4.90 Å². The van der Waals surface area contributed by atoms with Crippen LogP contribution in [0.1, 0.15) is 53.0 Å². The summed E-state index contributed by atoms with van der Waals surface area (Å²) < 4.78 is 5.43. The van der Waals surface area contributed by atoms with E-state index in [1.54, 1.807) is 12.1 Å². The SMILES string of the molecule is CCc1ccc(OC(=O)CCN2C(=O)[C@H]3C4c5ccccc5C(c5ccccc54)[C@@H]3C2=O)cc1. The molecule has 3 aromatic carbocycles. The fourth-order valence-corrected chi connectivity index (χ4v) is 6.14. The third kappa shape index (κ3) is 3.03. The number of amides is 2. The third-order valence-corrected chi connectivity index (χ3v) is 7.64. The Kier molecular flexibility index (Phi) is 4.87. The quantitative estimate of drug-likeness (QED) is 0.327. The number of benzene rings is 3. The van der Waals surface area contributed by atoms with Gasteiger partial charge in [0.15, 0.2) is 0 Å². The number of likely N-dealkylation sites (tertiary alicyclic amines) is 1. The monoisotopic (exact) mass is 451 g/mol. The van der Waals surface area contributed by atoms with Gasteiger partial charge in [-0.2, -0.15) is 0 Å². The lowest BCUT2D eigenvalue weighted by molar-refractivity contribution is -0.141. The molecule has 2 bridgehead atoms. The minimum atomic E-state index is -0.450. The summed E-state index contributed by atoms with van der Waals surface area (Å²) in [5, 5.41) is 0. The van der Waals surface area contributed by atoms with Crippen LogP contribution in [-0.2, 0) is 20.8 Å². The maximum atomic E-state index is 13.6. The molecule has 0 aromatic heterocycles. The van der Waals surface area contributed by atoms with Crippen LogP contribution < -0.4 is 4.74 Å². The molecule has 2 amide bonds. The molecular weight excluding hydrogens is 426 g/mol. The number of rotatable bonds is 5. The molecule has 0 N–H and O–H groups in total. The van der Waals surface area contributed by atoms with E-state index < -0.39 is 17.8 Å². The van der Waals surface area contributed by atoms with E-state index in [1.165, 1.54) is 4.90 Å². The van der Waals surface area contributed by atoms with Crippen LogP contribution in [0.25, 0.3) is 0 Å². The molecule has 170 valence electrons. The molecule has 0 spiro atoms. The summed E-state index contributed by atoms with van der Waals surface area (Å²) in [7, 11) is 0. The number of imide groups is 1. The molecule has 5 heteroatoms. The summed E-state index contributed by atoms with van der Waals surface area (Å²) in [6, 6.07) is 23.7. The van der Waals surface area contributed by atoms with Crippen molar-refractivity contribution in [2.75, 3.05) is 6.54 Å². The van der Waals surface area contributed by atoms with Crippen LogP contribution in [0.2, 0.25) is 0 Å². The first kappa shape index (κ1) is 20.8. The highest BCUT2D eigenvalue weighted by atomic mass is 16.5. The molecule has 1 fully saturated rings. The summed E-state index contributed by atoms with van der Waals surface area (Å²) in [5.74, 6) is -1.42. The molecule has 1 heterocycles. The average molecular weight is 452 g/mol. The minimum absolute atomic E-state index is 0.0261. The lowest BCUT2D eigenvalue weighted by Gasteiger charge is -2.45. The molecular formula is C29H25NO4. The van der Waals surface area contributed by atoms with Gasteiger partial charge in [-0.1, -0.05) is 67.6 Å². The van der Waals surface area contributed by atoms with Crippen molar-refractivity contribution in [3.8, 4) is 5.75 Å². The van der Waals surface area contributed by atoms with Crippen LogP contribution in [0.15, 0.2) is 72.8 Å². The van der Waals surface area contributed by atoms with Gasteiger partial charge in [0.2, 0.25) is 11.8 Å². The van der Waals surface area contributed by atoms with Crippen molar-refractivity contribution < 1.29 is 19.1 Å². The van der Waals surface area contributed by atoms with Crippen molar-refractivity contribution in [2.24, 2.45) is 11.8 Å². The van der Waals surface area contributed by atoms with Crippen LogP contribution in [0.5, 0.6) is 5.75 Å². The second-order valence-electron chi connectivity index (χ2n) is 9.31. The van der Waals surface area contributed by atoms with Crippen LogP contribution in [0, 0.1) is 11.8 Å². The molecule has 0 unspecified atom stereocenters. The smallest absolute Gasteiger partial charge is 0.312 e. The van der Waals surface area contributed by atoms with E-state index in [2.05, 4.69) is 31.2 Å². The Balaban J connectivity index is 1.24. The largest absolute Gasteiger partial charge is 0.426 e. The minimum Gasteiger partial charge on any atom is -0.426 e. The Morgan fingerprint density at radius 3 is 1.68 bits per heavy atom. The van der Waals surface area contributed by atoms with Gasteiger partial charge in [0.05, 0.1) is 18.3 Å². The normalized spacial score (nSPS) is 24.0. The van der Waals surface area contributed by atoms with Crippen LogP contribution in [0.4, 0.5) is 0 Å². The Morgan fingerprint density at radius 2 is 1.24 bits per heavy atom. The molecule has 2 atom stereocenters. The van der Waals surface area contributed by atoms with Gasteiger partial charge < -0.3 is 4.74 Å². The topological polar surface area (TPSA) is 63.7 Å². The Hall–Kier alpha value is -3.73. The predicted octanol–water partition coefficient (Wildman–Crippen LogP) is 4.44. The van der Waals surface area contributed by atoms with E-state index in [0.29, 0.717) is 5.75 Å². The molecule has 0 radical (unpaired) electrons. The number of ether oxygens (including phenoxy) is 1. The van der Waals surface area contributed by atoms with E-state index in [-0.39, 0.29) is 36.6 Å². The van der Waals surface area contributed by atoms with E-state index in [4.69, 9.17) is 4.74 Å². The van der Waals surface area contributed by atoms with E-state index in [9.17, 15) is 14.4 Å². The van der Waals surface area contributed by atoms with Crippen molar-refractivity contribution >= 4 is 17.8 Å². The molecule has 4 aliphatic rings. The Labute approximate surface area is 198 Å². The fourth-order valence-electron chi connectivity index (χ4n) is 6.14. The lowest BCUT2D eigenvalue weighted by Crippen LogP contribution is -2.41. The Morgan fingerprint density at radius 1 is 0.765 bits per heavy atom. The van der Waals surface area contributed by atoms with Crippen LogP contribution in [-0.4, -0.2) is 29.2 Å². The molecule has 3 aliphatic carbocycles. The van der Waals surface area contributed by atoms with E-state index in [0.717, 1.165) is 34.2 Å². The van der Waals surface area contributed by atoms with Crippen LogP contribution in [0.3, 0.4) is 0 Å². The molecule has 5 nitrogen and oxygen atoms in total. The number of nitrogens with zero attached hydrogens (tertiary/aromatic N) is 1. The highest BCUT2D eigenvalue weighted by molar-refractivity contribution is 6.07. The van der Waals surface area contributed by atoms with Crippen molar-refractivity contribution in [3.63, 3.8) is 0 Å². The van der Waals surface area contributed by atoms with E-state index in [1.807, 2.05) is 36.4 Å². The maximum absolute atomic E-state index is 13.6. The number of carbonyl (C=O) groups is 3. The van der Waals surface area contributed by atoms with Crippen LogP contribution >= 0.6 is 0 Å². The van der Waals surface area contributed by atoms with Gasteiger partial charge in [-0.05, 0) is 46.4 Å². The fraction of sp³-hybridized carbons (Fsp3) is 0.276. The predicted molar refractivity (Wildman–Crippen MR) is 126 cm³/mol. The summed E-state index contributed by atoms with van der Waals surface area (Å²) in [4.78, 5) is 40.9. The summed E-state index contributed by atoms with van der Waals surface area (Å²) in [6.45, 7) is 2.11. The van der Waals surface area contributed by atoms with Crippen molar-refractivity contribution in [1.29, 1.82) is 0 Å². The van der Waals surface area contributed by atoms with E-state index >= 15 is 0 Å². The number of hydrogen-bond donors (Lipinski definition) is 0. The Bertz CT molecular complexity index is 1200. The summed E-state index contributed by atoms with van der Waals surface area (Å²) >= 11 is 0. The zero-order chi connectivity index (χ0) is 23.4. The summed E-state index contributed by atoms with van der Waals surface area (Å²) in [6.07, 6.45) is 0.882. The standard InChI is InChI=1S/C29H25NO4/c1-2-17-11-13-18(14-12-17)34-23(31)15-16-30-28(32)26-24-19-7-3-4-8-20(19)25(27(26)29(30)33)22-10-6-5-9-21(22)24/h3-14,24-27H,2,15-16H2,1H3/t24?,25?,26-,27-/m0/s1. The third-order valence-electron chi connectivity index (χ3n) is 7.64. The second-order valence-corrected chi connectivity index (χ2v) is 9.31. The number of esters is 1. The molecule has 0 saturated carbocycles. The van der Waals surface area contributed by atoms with Gasteiger partial charge in [-0.3, -0.25) is 19.3 Å². The lowest BCUT2D eigenvalue weighted by atomic mass is 9.55. The van der Waals surface area contributed by atoms with Gasteiger partial charge in [0.25, 0.3) is 0 Å². The second kappa shape index (κ2) is 7.94. The average Bonchev–Trinajstić information content (AvgIpc) is 3.13. The molecule has 1 saturated heterocycles. The number of aryl methyl sites for hydroxylation is 1. The zero-order valence-electron chi connectivity index (χ0n) is 18.9. The van der Waals surface area contributed by atoms with Gasteiger partial charge in [-0.25, -0.2) is 0 Å². The van der Waals surface area contributed by atoms with Crippen molar-refractivity contribution in [2.45, 2.75) is 31.6 Å². The highest BCUT2D eigenvalue weighted by Gasteiger charge is 2.61. The first-order valence-corrected chi connectivity index (χ1v) is 11.9. The first-order chi connectivity index (χ1) is 16.6. The summed E-state index contributed by atoms with van der Waals surface area (Å²) in [5.41, 5.74) is 5.74. The van der Waals surface area contributed by atoms with Gasteiger partial charge >= 0.3 is 5.97 Å². The first-order valence-electron chi connectivity index (χ1n) is 11.9.